The molecule has 1 aliphatic heterocycles. The first-order valence-electron chi connectivity index (χ1n) is 3.06. The van der Waals surface area contributed by atoms with Crippen LogP contribution in [-0.4, -0.2) is 29.3 Å². The predicted octanol–water partition coefficient (Wildman–Crippen LogP) is 1.09. The minimum Gasteiger partial charge on any atom is -0.336 e. The van der Waals surface area contributed by atoms with E-state index >= 15 is 0 Å². The average molecular weight is 187 g/mol. The fourth-order valence-corrected chi connectivity index (χ4v) is 1.13. The van der Waals surface area contributed by atoms with Crippen LogP contribution >= 0.6 is 11.9 Å². The highest BCUT2D eigenvalue weighted by Gasteiger charge is 2.25. The van der Waals surface area contributed by atoms with Gasteiger partial charge >= 0.3 is 6.03 Å². The van der Waals surface area contributed by atoms with Crippen molar-refractivity contribution in [3.63, 3.8) is 0 Å². The molecule has 0 bridgehead atoms. The van der Waals surface area contributed by atoms with Gasteiger partial charge in [-0.05, 0) is 10.1 Å². The van der Waals surface area contributed by atoms with E-state index in [1.165, 1.54) is 0 Å². The molecule has 1 rings (SSSR count). The number of carbonyl (C=O) groups is 2. The van der Waals surface area contributed by atoms with Crippen LogP contribution in [0, 0.1) is 0 Å². The number of hydrogen-bond donors (Lipinski definition) is 1. The Hall–Kier alpha value is -1.40. The number of nitrogens with one attached hydrogen (secondary N) is 1. The summed E-state index contributed by atoms with van der Waals surface area (Å²) in [5, 5.41) is 1.89. The van der Waals surface area contributed by atoms with Gasteiger partial charge in [0.25, 0.3) is 5.24 Å². The Kier molecular flexibility index (Phi) is 2.78. The number of carbonyl (C=O) groups excluding carboxylic acids is 2. The van der Waals surface area contributed by atoms with Crippen LogP contribution in [0.3, 0.4) is 0 Å². The minimum atomic E-state index is -0.553. The van der Waals surface area contributed by atoms with Crippen molar-refractivity contribution in [3.8, 4) is 0 Å². The van der Waals surface area contributed by atoms with Gasteiger partial charge < -0.3 is 5.32 Å². The summed E-state index contributed by atoms with van der Waals surface area (Å²) in [6.07, 6.45) is 0. The number of nitrogens with zero attached hydrogens (tertiary/aromatic N) is 4. The maximum absolute atomic E-state index is 11.0. The second-order valence-electron chi connectivity index (χ2n) is 1.91. The van der Waals surface area contributed by atoms with E-state index in [1.807, 2.05) is 0 Å². The van der Waals surface area contributed by atoms with Crippen molar-refractivity contribution in [2.45, 2.75) is 0 Å². The maximum atomic E-state index is 11.0. The van der Waals surface area contributed by atoms with Gasteiger partial charge in [0.2, 0.25) is 0 Å². The first kappa shape index (κ1) is 8.69. The fourth-order valence-electron chi connectivity index (χ4n) is 0.748. The lowest BCUT2D eigenvalue weighted by Crippen LogP contribution is -2.30. The molecule has 0 radical (unpaired) electrons. The molecule has 0 aromatic heterocycles. The van der Waals surface area contributed by atoms with E-state index < -0.39 is 11.3 Å². The molecule has 0 saturated carbocycles. The van der Waals surface area contributed by atoms with Crippen LogP contribution in [0.4, 0.5) is 9.59 Å². The van der Waals surface area contributed by atoms with E-state index in [-0.39, 0.29) is 0 Å². The first-order valence-corrected chi connectivity index (χ1v) is 3.84. The molecule has 1 fully saturated rings. The van der Waals surface area contributed by atoms with Crippen molar-refractivity contribution in [1.82, 2.24) is 10.2 Å². The molecule has 12 heavy (non-hydrogen) atoms. The van der Waals surface area contributed by atoms with E-state index in [0.717, 1.165) is 4.90 Å². The van der Waals surface area contributed by atoms with Crippen LogP contribution in [0.2, 0.25) is 0 Å². The van der Waals surface area contributed by atoms with E-state index in [1.54, 1.807) is 0 Å². The van der Waals surface area contributed by atoms with Gasteiger partial charge in [0.15, 0.2) is 0 Å². The number of urea groups is 1. The third-order valence-electron chi connectivity index (χ3n) is 1.23. The minimum absolute atomic E-state index is 0.325. The van der Waals surface area contributed by atoms with Crippen LogP contribution in [0.15, 0.2) is 4.52 Å². The van der Waals surface area contributed by atoms with Crippen molar-refractivity contribution < 1.29 is 9.59 Å². The number of hydrogen-bond acceptors (Lipinski definition) is 4. The molecule has 7 nitrogen and oxygen atoms in total. The molecule has 0 aromatic rings. The normalized spacial score (nSPS) is 15.3. The summed E-state index contributed by atoms with van der Waals surface area (Å²) in [7, 11) is 0. The van der Waals surface area contributed by atoms with Crippen LogP contribution in [0.5, 0.6) is 0 Å². The molecular formula is C4H5N5O2S. The Morgan fingerprint density at radius 2 is 2.58 bits per heavy atom. The smallest absolute Gasteiger partial charge is 0.324 e. The first-order chi connectivity index (χ1) is 5.75. The van der Waals surface area contributed by atoms with Gasteiger partial charge in [-0.15, -0.1) is 0 Å². The number of amides is 3. The molecule has 8 heteroatoms. The van der Waals surface area contributed by atoms with Crippen molar-refractivity contribution in [1.29, 1.82) is 0 Å². The number of imide groups is 1. The molecule has 0 aliphatic carbocycles. The fraction of sp³-hybridized carbons (Fsp3) is 0.500. The third-order valence-corrected chi connectivity index (χ3v) is 1.76. The third kappa shape index (κ3) is 1.80. The van der Waals surface area contributed by atoms with Crippen molar-refractivity contribution in [2.24, 2.45) is 4.52 Å². The molecule has 64 valence electrons. The highest BCUT2D eigenvalue weighted by molar-refractivity contribution is 8.12. The average Bonchev–Trinajstić information content (AvgIpc) is 2.47. The zero-order valence-electron chi connectivity index (χ0n) is 5.93. The quantitative estimate of drug-likeness (QED) is 0.288. The molecule has 1 heterocycles. The summed E-state index contributed by atoms with van der Waals surface area (Å²) in [5.74, 6) is 0. The number of azide groups is 1. The van der Waals surface area contributed by atoms with Crippen LogP contribution < -0.4 is 5.32 Å². The monoisotopic (exact) mass is 187 g/mol. The van der Waals surface area contributed by atoms with Gasteiger partial charge in [0.05, 0.1) is 0 Å². The molecule has 1 saturated heterocycles. The lowest BCUT2D eigenvalue weighted by molar-refractivity contribution is 0.213. The van der Waals surface area contributed by atoms with Gasteiger partial charge in [-0.25, -0.2) is 4.79 Å². The largest absolute Gasteiger partial charge is 0.336 e. The van der Waals surface area contributed by atoms with Gasteiger partial charge in [0.1, 0.15) is 0 Å². The summed E-state index contributed by atoms with van der Waals surface area (Å²) < 4.78 is 2.98. The summed E-state index contributed by atoms with van der Waals surface area (Å²) in [6.45, 7) is 0.771. The second kappa shape index (κ2) is 3.84. The topological polar surface area (TPSA) is 98.2 Å². The lowest BCUT2D eigenvalue weighted by Gasteiger charge is -2.07. The van der Waals surface area contributed by atoms with Crippen LogP contribution in [0.25, 0.3) is 10.4 Å². The molecule has 1 N–H and O–H groups in total. The molecule has 0 atom stereocenters. The number of rotatable bonds is 1. The molecule has 3 amide bonds. The molecular weight excluding hydrogens is 182 g/mol. The van der Waals surface area contributed by atoms with E-state index in [4.69, 9.17) is 5.53 Å². The van der Waals surface area contributed by atoms with Crippen LogP contribution in [0.1, 0.15) is 0 Å². The Bertz CT molecular complexity index is 260. The standard InChI is InChI=1S/C4H5N5O2S/c5-7-8-12-4(11)9-2-1-6-3(9)10/h1-2H2,(H,6,10). The lowest BCUT2D eigenvalue weighted by atomic mass is 10.7. The zero-order chi connectivity index (χ0) is 8.97. The SMILES string of the molecule is [N-]=[N+]=NSC(=O)N1CCNC1=O. The predicted molar refractivity (Wildman–Crippen MR) is 42.2 cm³/mol. The Morgan fingerprint density at radius 3 is 3.08 bits per heavy atom. The Morgan fingerprint density at radius 1 is 1.83 bits per heavy atom. The van der Waals surface area contributed by atoms with Gasteiger partial charge in [-0.2, -0.15) is 0 Å². The van der Waals surface area contributed by atoms with Gasteiger partial charge in [0, 0.05) is 29.9 Å². The summed E-state index contributed by atoms with van der Waals surface area (Å²) in [5.41, 5.74) is 7.89. The van der Waals surface area contributed by atoms with Crippen molar-refractivity contribution >= 4 is 23.2 Å². The molecule has 0 unspecified atom stereocenters. The molecule has 1 aliphatic rings. The Labute approximate surface area is 71.9 Å². The maximum Gasteiger partial charge on any atom is 0.324 e. The summed E-state index contributed by atoms with van der Waals surface area (Å²) in [6, 6.07) is -0.444. The van der Waals surface area contributed by atoms with E-state index in [9.17, 15) is 9.59 Å². The van der Waals surface area contributed by atoms with Crippen molar-refractivity contribution in [2.75, 3.05) is 13.1 Å². The van der Waals surface area contributed by atoms with Gasteiger partial charge in [-0.3, -0.25) is 9.69 Å². The summed E-state index contributed by atoms with van der Waals surface area (Å²) >= 11 is 0.412. The summed E-state index contributed by atoms with van der Waals surface area (Å²) in [4.78, 5) is 25.2. The van der Waals surface area contributed by atoms with E-state index in [0.29, 0.717) is 25.0 Å². The highest BCUT2D eigenvalue weighted by Crippen LogP contribution is 2.11. The zero-order valence-corrected chi connectivity index (χ0v) is 6.74. The molecule has 0 spiro atoms. The molecule has 0 aromatic carbocycles. The highest BCUT2D eigenvalue weighted by atomic mass is 32.2. The Balaban J connectivity index is 2.51. The van der Waals surface area contributed by atoms with Crippen LogP contribution in [-0.2, 0) is 0 Å². The van der Waals surface area contributed by atoms with Gasteiger partial charge in [-0.1, -0.05) is 0 Å². The van der Waals surface area contributed by atoms with Crippen molar-refractivity contribution in [3.05, 3.63) is 10.4 Å². The van der Waals surface area contributed by atoms with E-state index in [2.05, 4.69) is 14.7 Å². The second-order valence-corrected chi connectivity index (χ2v) is 2.61.